The van der Waals surface area contributed by atoms with Crippen molar-refractivity contribution in [3.8, 4) is 22.3 Å². The average Bonchev–Trinajstić information content (AvgIpc) is 3.04. The molecule has 5 aromatic carbocycles. The Hall–Kier alpha value is -4.96. The molecule has 7 rings (SSSR count). The molecule has 0 bridgehead atoms. The second-order valence-electron chi connectivity index (χ2n) is 8.10. The van der Waals surface area contributed by atoms with Gasteiger partial charge in [0, 0.05) is 0 Å². The summed E-state index contributed by atoms with van der Waals surface area (Å²) in [6.45, 7) is 0. The number of hydrogen-bond donors (Lipinski definition) is 0. The maximum Gasteiger partial charge on any atom is 0.204 e. The normalized spacial score (nSPS) is 15.4. The van der Waals surface area contributed by atoms with Gasteiger partial charge in [0.2, 0.25) is 10.9 Å². The number of benzene rings is 5. The Labute approximate surface area is 218 Å². The van der Waals surface area contributed by atoms with E-state index in [-0.39, 0.29) is 66.1 Å². The lowest BCUT2D eigenvalue weighted by Gasteiger charge is -2.08. The number of rotatable bonds is 2. The van der Waals surface area contributed by atoms with Crippen LogP contribution in [-0.4, -0.2) is 0 Å². The molecule has 0 radical (unpaired) electrons. The third-order valence-corrected chi connectivity index (χ3v) is 6.05. The van der Waals surface area contributed by atoms with Gasteiger partial charge in [-0.25, -0.2) is 0 Å². The summed E-state index contributed by atoms with van der Waals surface area (Å²) in [5.74, 6) is 0. The van der Waals surface area contributed by atoms with Crippen LogP contribution in [0.5, 0.6) is 0 Å². The van der Waals surface area contributed by atoms with Gasteiger partial charge in [-0.05, 0) is 58.7 Å². The van der Waals surface area contributed by atoms with Crippen molar-refractivity contribution in [1.82, 2.24) is 0 Å². The van der Waals surface area contributed by atoms with Crippen LogP contribution in [0.3, 0.4) is 0 Å². The van der Waals surface area contributed by atoms with Crippen molar-refractivity contribution in [3.05, 3.63) is 129 Å². The Morgan fingerprint density at radius 1 is 0.500 bits per heavy atom. The molecule has 7 aromatic rings. The molecular formula is C32H18O4. The summed E-state index contributed by atoms with van der Waals surface area (Å²) in [4.78, 5) is 27.4. The molecule has 0 atom stereocenters. The molecule has 2 heterocycles. The summed E-state index contributed by atoms with van der Waals surface area (Å²) in [7, 11) is 0. The smallest absolute Gasteiger partial charge is 0.204 e. The van der Waals surface area contributed by atoms with Gasteiger partial charge in [0.05, 0.1) is 29.9 Å². The van der Waals surface area contributed by atoms with Gasteiger partial charge >= 0.3 is 0 Å². The van der Waals surface area contributed by atoms with E-state index in [9.17, 15) is 9.59 Å². The molecule has 4 nitrogen and oxygen atoms in total. The molecule has 0 saturated heterocycles. The second-order valence-corrected chi connectivity index (χ2v) is 8.10. The van der Waals surface area contributed by atoms with Crippen LogP contribution in [0.25, 0.3) is 66.1 Å². The zero-order valence-electron chi connectivity index (χ0n) is 28.3. The topological polar surface area (TPSA) is 60.4 Å². The van der Waals surface area contributed by atoms with E-state index in [4.69, 9.17) is 22.5 Å². The van der Waals surface area contributed by atoms with Crippen LogP contribution in [0.4, 0.5) is 0 Å². The molecule has 0 saturated carbocycles. The Kier molecular flexibility index (Phi) is 2.74. The van der Waals surface area contributed by atoms with Crippen LogP contribution in [-0.2, 0) is 0 Å². The van der Waals surface area contributed by atoms with E-state index in [0.717, 1.165) is 0 Å². The Morgan fingerprint density at radius 2 is 1.03 bits per heavy atom. The van der Waals surface area contributed by atoms with E-state index < -0.39 is 71.3 Å². The maximum absolute atomic E-state index is 13.9. The molecule has 36 heavy (non-hydrogen) atoms. The fourth-order valence-corrected chi connectivity index (χ4v) is 4.35. The average molecular weight is 477 g/mol. The van der Waals surface area contributed by atoms with Crippen molar-refractivity contribution in [2.75, 3.05) is 0 Å². The first-order valence-electron chi connectivity index (χ1n) is 15.9. The van der Waals surface area contributed by atoms with Gasteiger partial charge < -0.3 is 8.83 Å². The van der Waals surface area contributed by atoms with Gasteiger partial charge in [-0.3, -0.25) is 9.59 Å². The molecule has 0 amide bonds. The van der Waals surface area contributed by atoms with E-state index in [0.29, 0.717) is 0 Å². The summed E-state index contributed by atoms with van der Waals surface area (Å²) in [5.41, 5.74) is -0.587. The molecule has 0 spiro atoms. The lowest BCUT2D eigenvalue weighted by molar-refractivity contribution is 0.649. The molecule has 0 aliphatic rings. The fraction of sp³-hybridized carbons (Fsp3) is 0. The lowest BCUT2D eigenvalue weighted by atomic mass is 10.0. The highest BCUT2D eigenvalue weighted by atomic mass is 16.3. The van der Waals surface area contributed by atoms with Crippen LogP contribution in [0.2, 0.25) is 0 Å². The first-order chi connectivity index (χ1) is 21.8. The van der Waals surface area contributed by atoms with Crippen molar-refractivity contribution in [2.45, 2.75) is 0 Å². The standard InChI is InChI=1S/C32H18O4/c33-30-23-13-11-22(20-9-5-2-6-10-20)18-28(23)36-32-25(30)15-16-26-29(32)31(34)24-14-12-21(17-27(24)35-26)19-7-3-1-4-8-19/h1-18H/i1D,2D,3D,4D,5D,6D,7D,8D,9D,10D. The van der Waals surface area contributed by atoms with Crippen LogP contribution < -0.4 is 10.9 Å². The van der Waals surface area contributed by atoms with Crippen molar-refractivity contribution >= 4 is 43.9 Å². The first-order valence-corrected chi connectivity index (χ1v) is 10.9. The molecular weight excluding hydrogens is 448 g/mol. The van der Waals surface area contributed by atoms with E-state index in [1.54, 1.807) is 0 Å². The van der Waals surface area contributed by atoms with Gasteiger partial charge in [-0.2, -0.15) is 0 Å². The Morgan fingerprint density at radius 3 is 1.64 bits per heavy atom. The minimum absolute atomic E-state index is 0.0188. The molecule has 0 N–H and O–H groups in total. The van der Waals surface area contributed by atoms with Crippen molar-refractivity contribution in [1.29, 1.82) is 0 Å². The highest BCUT2D eigenvalue weighted by molar-refractivity contribution is 6.07. The third kappa shape index (κ3) is 3.08. The zero-order valence-corrected chi connectivity index (χ0v) is 18.3. The number of fused-ring (bicyclic) bond motifs is 5. The zero-order chi connectivity index (χ0) is 32.9. The SMILES string of the molecule is [2H]c1c([2H])c([2H])c(-c2ccc3c(=O)c4ccc5oc6cc(-c7c([2H])c([2H])c([2H])c([2H])c7[2H])ccc6c(=O)c5c4oc3c2)c([2H])c1[2H]. The quantitative estimate of drug-likeness (QED) is 0.191. The fourth-order valence-electron chi connectivity index (χ4n) is 4.35. The molecule has 0 aliphatic heterocycles. The van der Waals surface area contributed by atoms with Crippen molar-refractivity contribution in [2.24, 2.45) is 0 Å². The molecule has 170 valence electrons. The first kappa shape index (κ1) is 12.7. The van der Waals surface area contributed by atoms with Crippen LogP contribution in [0, 0.1) is 0 Å². The van der Waals surface area contributed by atoms with Gasteiger partial charge in [0.1, 0.15) is 22.1 Å². The van der Waals surface area contributed by atoms with E-state index in [2.05, 4.69) is 0 Å². The summed E-state index contributed by atoms with van der Waals surface area (Å²) < 4.78 is 93.2. The highest BCUT2D eigenvalue weighted by Crippen LogP contribution is 2.31. The van der Waals surface area contributed by atoms with Gasteiger partial charge in [0.15, 0.2) is 5.58 Å². The van der Waals surface area contributed by atoms with E-state index in [1.807, 2.05) is 0 Å². The molecule has 0 fully saturated rings. The monoisotopic (exact) mass is 476 g/mol. The Balaban J connectivity index is 1.48. The molecule has 0 aliphatic carbocycles. The van der Waals surface area contributed by atoms with E-state index in [1.165, 1.54) is 48.5 Å². The molecule has 4 heteroatoms. The van der Waals surface area contributed by atoms with E-state index >= 15 is 0 Å². The molecule has 2 aromatic heterocycles. The summed E-state index contributed by atoms with van der Waals surface area (Å²) in [5, 5.41) is 0.300. The van der Waals surface area contributed by atoms with Crippen LogP contribution in [0.1, 0.15) is 13.7 Å². The minimum Gasteiger partial charge on any atom is -0.456 e. The Bertz CT molecular complexity index is 2590. The predicted molar refractivity (Wildman–Crippen MR) is 144 cm³/mol. The predicted octanol–water partition coefficient (Wildman–Crippen LogP) is 7.54. The number of hydrogen-bond acceptors (Lipinski definition) is 4. The minimum atomic E-state index is -0.543. The second kappa shape index (κ2) is 7.79. The van der Waals surface area contributed by atoms with Crippen molar-refractivity contribution in [3.63, 3.8) is 0 Å². The third-order valence-electron chi connectivity index (χ3n) is 6.05. The summed E-state index contributed by atoms with van der Waals surface area (Å²) in [6.07, 6.45) is 0. The summed E-state index contributed by atoms with van der Waals surface area (Å²) in [6, 6.07) is 6.69. The highest BCUT2D eigenvalue weighted by Gasteiger charge is 2.17. The lowest BCUT2D eigenvalue weighted by Crippen LogP contribution is -2.07. The maximum atomic E-state index is 13.9. The largest absolute Gasteiger partial charge is 0.456 e. The van der Waals surface area contributed by atoms with Gasteiger partial charge in [-0.15, -0.1) is 0 Å². The van der Waals surface area contributed by atoms with Gasteiger partial charge in [-0.1, -0.05) is 72.6 Å². The van der Waals surface area contributed by atoms with Crippen LogP contribution >= 0.6 is 0 Å². The van der Waals surface area contributed by atoms with Crippen molar-refractivity contribution < 1.29 is 22.5 Å². The summed E-state index contributed by atoms with van der Waals surface area (Å²) >= 11 is 0. The van der Waals surface area contributed by atoms with Crippen LogP contribution in [0.15, 0.2) is 127 Å². The molecule has 0 unspecified atom stereocenters. The van der Waals surface area contributed by atoms with Gasteiger partial charge in [0.25, 0.3) is 0 Å².